The minimum absolute atomic E-state index is 0.282. The van der Waals surface area contributed by atoms with Gasteiger partial charge in [-0.05, 0) is 45.4 Å². The first-order valence-corrected chi connectivity index (χ1v) is 6.67. The molecule has 20 heavy (non-hydrogen) atoms. The minimum Gasteiger partial charge on any atom is -0.465 e. The maximum absolute atomic E-state index is 11.7. The van der Waals surface area contributed by atoms with Crippen LogP contribution in [0.2, 0.25) is 0 Å². The van der Waals surface area contributed by atoms with Crippen molar-refractivity contribution in [3.05, 3.63) is 23.3 Å². The molecule has 0 spiro atoms. The van der Waals surface area contributed by atoms with E-state index in [0.717, 1.165) is 11.3 Å². The Kier molecular flexibility index (Phi) is 5.39. The van der Waals surface area contributed by atoms with Crippen LogP contribution in [0.15, 0.2) is 12.1 Å². The normalized spacial score (nSPS) is 11.2. The summed E-state index contributed by atoms with van der Waals surface area (Å²) in [5.41, 5.74) is 8.11. The number of methoxy groups -OCH3 is 1. The fraction of sp³-hybridized carbons (Fsp3) is 0.533. The Morgan fingerprint density at radius 1 is 1.40 bits per heavy atom. The lowest BCUT2D eigenvalue weighted by Gasteiger charge is -2.25. The lowest BCUT2D eigenvalue weighted by atomic mass is 10.1. The molecule has 0 aliphatic heterocycles. The second-order valence-corrected chi connectivity index (χ2v) is 5.29. The lowest BCUT2D eigenvalue weighted by molar-refractivity contribution is 0.000696. The van der Waals surface area contributed by atoms with Gasteiger partial charge < -0.3 is 20.5 Å². The van der Waals surface area contributed by atoms with Gasteiger partial charge in [-0.15, -0.1) is 0 Å². The zero-order chi connectivity index (χ0) is 15.3. The van der Waals surface area contributed by atoms with Crippen LogP contribution in [0.3, 0.4) is 0 Å². The molecule has 0 atom stereocenters. The number of carbonyl (C=O) groups is 1. The van der Waals surface area contributed by atoms with Gasteiger partial charge in [-0.1, -0.05) is 0 Å². The average Bonchev–Trinajstić information content (AvgIpc) is 2.39. The highest BCUT2D eigenvalue weighted by atomic mass is 16.5. The summed E-state index contributed by atoms with van der Waals surface area (Å²) in [6.07, 6.45) is 0. The van der Waals surface area contributed by atoms with Crippen molar-refractivity contribution in [2.45, 2.75) is 33.3 Å². The number of anilines is 2. The van der Waals surface area contributed by atoms with E-state index in [1.165, 1.54) is 7.11 Å². The van der Waals surface area contributed by atoms with Gasteiger partial charge in [0.25, 0.3) is 0 Å². The lowest BCUT2D eigenvalue weighted by Crippen LogP contribution is -2.33. The van der Waals surface area contributed by atoms with Crippen LogP contribution in [0, 0.1) is 6.92 Å². The van der Waals surface area contributed by atoms with E-state index < -0.39 is 5.97 Å². The van der Waals surface area contributed by atoms with E-state index in [2.05, 4.69) is 5.32 Å². The fourth-order valence-corrected chi connectivity index (χ4v) is 1.94. The van der Waals surface area contributed by atoms with Gasteiger partial charge in [0.05, 0.1) is 18.3 Å². The minimum atomic E-state index is -0.432. The van der Waals surface area contributed by atoms with Crippen LogP contribution >= 0.6 is 0 Å². The van der Waals surface area contributed by atoms with E-state index in [1.54, 1.807) is 6.07 Å². The smallest absolute Gasteiger partial charge is 0.340 e. The molecule has 0 amide bonds. The number of nitrogens with two attached hydrogens (primary N) is 1. The van der Waals surface area contributed by atoms with Crippen molar-refractivity contribution < 1.29 is 14.3 Å². The predicted molar refractivity (Wildman–Crippen MR) is 81.1 cm³/mol. The number of nitrogens with one attached hydrogen (secondary N) is 1. The largest absolute Gasteiger partial charge is 0.465 e. The average molecular weight is 280 g/mol. The summed E-state index contributed by atoms with van der Waals surface area (Å²) in [6, 6.07) is 3.61. The Bertz CT molecular complexity index is 484. The molecule has 0 unspecified atom stereocenters. The number of benzene rings is 1. The summed E-state index contributed by atoms with van der Waals surface area (Å²) >= 11 is 0. The highest BCUT2D eigenvalue weighted by Crippen LogP contribution is 2.24. The first kappa shape index (κ1) is 16.3. The van der Waals surface area contributed by atoms with Crippen LogP contribution in [-0.2, 0) is 9.47 Å². The van der Waals surface area contributed by atoms with Gasteiger partial charge >= 0.3 is 5.97 Å². The molecule has 5 heteroatoms. The quantitative estimate of drug-likeness (QED) is 0.619. The second kappa shape index (κ2) is 6.61. The van der Waals surface area contributed by atoms with Crippen LogP contribution in [-0.4, -0.2) is 31.8 Å². The zero-order valence-electron chi connectivity index (χ0n) is 12.9. The van der Waals surface area contributed by atoms with E-state index in [4.69, 9.17) is 15.2 Å². The van der Waals surface area contributed by atoms with Crippen molar-refractivity contribution in [2.24, 2.45) is 0 Å². The molecule has 0 saturated heterocycles. The van der Waals surface area contributed by atoms with Crippen LogP contribution in [0.1, 0.15) is 36.7 Å². The Morgan fingerprint density at radius 2 is 2.05 bits per heavy atom. The van der Waals surface area contributed by atoms with Crippen molar-refractivity contribution in [3.8, 4) is 0 Å². The third-order valence-corrected chi connectivity index (χ3v) is 3.05. The van der Waals surface area contributed by atoms with Gasteiger partial charge in [0.15, 0.2) is 0 Å². The third kappa shape index (κ3) is 4.13. The second-order valence-electron chi connectivity index (χ2n) is 5.29. The van der Waals surface area contributed by atoms with Crippen molar-refractivity contribution in [1.82, 2.24) is 0 Å². The van der Waals surface area contributed by atoms with Gasteiger partial charge in [-0.25, -0.2) is 4.79 Å². The molecule has 1 aromatic carbocycles. The van der Waals surface area contributed by atoms with E-state index in [0.29, 0.717) is 24.4 Å². The first-order chi connectivity index (χ1) is 9.30. The van der Waals surface area contributed by atoms with Crippen LogP contribution in [0.25, 0.3) is 0 Å². The van der Waals surface area contributed by atoms with Crippen molar-refractivity contribution >= 4 is 17.3 Å². The molecule has 0 aliphatic carbocycles. The van der Waals surface area contributed by atoms with Gasteiger partial charge in [0.2, 0.25) is 0 Å². The number of ether oxygens (including phenoxy) is 2. The number of rotatable bonds is 6. The number of hydrogen-bond donors (Lipinski definition) is 2. The topological polar surface area (TPSA) is 73.6 Å². The Morgan fingerprint density at radius 3 is 2.60 bits per heavy atom. The van der Waals surface area contributed by atoms with Gasteiger partial charge in [-0.2, -0.15) is 0 Å². The molecule has 0 aromatic heterocycles. The molecular formula is C15H24N2O3. The summed E-state index contributed by atoms with van der Waals surface area (Å²) in [6.45, 7) is 9.13. The molecule has 5 nitrogen and oxygen atoms in total. The highest BCUT2D eigenvalue weighted by Gasteiger charge is 2.18. The Balaban J connectivity index is 2.92. The van der Waals surface area contributed by atoms with E-state index >= 15 is 0 Å². The maximum Gasteiger partial charge on any atom is 0.340 e. The third-order valence-electron chi connectivity index (χ3n) is 3.05. The molecule has 1 aromatic rings. The number of carbonyl (C=O) groups excluding carboxylic acids is 1. The monoisotopic (exact) mass is 280 g/mol. The summed E-state index contributed by atoms with van der Waals surface area (Å²) in [5.74, 6) is -0.432. The van der Waals surface area contributed by atoms with Gasteiger partial charge in [-0.3, -0.25) is 0 Å². The van der Waals surface area contributed by atoms with Crippen molar-refractivity contribution in [3.63, 3.8) is 0 Å². The molecule has 1 rings (SSSR count). The summed E-state index contributed by atoms with van der Waals surface area (Å²) in [7, 11) is 1.34. The fourth-order valence-electron chi connectivity index (χ4n) is 1.94. The SMILES string of the molecule is CCOC(C)(C)CNc1cc(C)c(N)c(C(=O)OC)c1. The molecule has 112 valence electrons. The molecular weight excluding hydrogens is 256 g/mol. The standard InChI is InChI=1S/C15H24N2O3/c1-6-20-15(3,4)9-17-11-7-10(2)13(16)12(8-11)14(18)19-5/h7-8,17H,6,9,16H2,1-5H3. The molecule has 0 bridgehead atoms. The van der Waals surface area contributed by atoms with Crippen LogP contribution in [0.4, 0.5) is 11.4 Å². The number of esters is 1. The molecule has 0 saturated carbocycles. The van der Waals surface area contributed by atoms with Crippen LogP contribution in [0.5, 0.6) is 0 Å². The molecule has 3 N–H and O–H groups in total. The van der Waals surface area contributed by atoms with E-state index in [9.17, 15) is 4.79 Å². The van der Waals surface area contributed by atoms with Gasteiger partial charge in [0.1, 0.15) is 0 Å². The Hall–Kier alpha value is -1.75. The van der Waals surface area contributed by atoms with Crippen molar-refractivity contribution in [1.29, 1.82) is 0 Å². The van der Waals surface area contributed by atoms with Crippen molar-refractivity contribution in [2.75, 3.05) is 31.3 Å². The number of aryl methyl sites for hydroxylation is 1. The zero-order valence-corrected chi connectivity index (χ0v) is 12.9. The predicted octanol–water partition coefficient (Wildman–Crippen LogP) is 2.59. The molecule has 0 heterocycles. The highest BCUT2D eigenvalue weighted by molar-refractivity contribution is 5.97. The Labute approximate surface area is 120 Å². The van der Waals surface area contributed by atoms with Crippen LogP contribution < -0.4 is 11.1 Å². The number of nitrogen functional groups attached to an aromatic ring is 1. The molecule has 0 fully saturated rings. The summed E-state index contributed by atoms with van der Waals surface area (Å²) < 4.78 is 10.4. The summed E-state index contributed by atoms with van der Waals surface area (Å²) in [4.78, 5) is 11.7. The van der Waals surface area contributed by atoms with E-state index in [-0.39, 0.29) is 5.60 Å². The summed E-state index contributed by atoms with van der Waals surface area (Å²) in [5, 5.41) is 3.27. The first-order valence-electron chi connectivity index (χ1n) is 6.67. The molecule has 0 radical (unpaired) electrons. The van der Waals surface area contributed by atoms with E-state index in [1.807, 2.05) is 33.8 Å². The molecule has 0 aliphatic rings. The van der Waals surface area contributed by atoms with Gasteiger partial charge in [0, 0.05) is 24.5 Å². The maximum atomic E-state index is 11.7. The number of hydrogen-bond acceptors (Lipinski definition) is 5.